The van der Waals surface area contributed by atoms with Gasteiger partial charge in [-0.1, -0.05) is 0 Å². The summed E-state index contributed by atoms with van der Waals surface area (Å²) in [4.78, 5) is 4.85. The number of aromatic nitrogens is 2. The van der Waals surface area contributed by atoms with E-state index in [2.05, 4.69) is 42.1 Å². The van der Waals surface area contributed by atoms with Crippen LogP contribution in [-0.4, -0.2) is 59.4 Å². The molecular formula is C14H27N5. The first-order valence-electron chi connectivity index (χ1n) is 7.28. The van der Waals surface area contributed by atoms with E-state index in [-0.39, 0.29) is 6.04 Å². The average Bonchev–Trinajstić information content (AvgIpc) is 2.89. The minimum Gasteiger partial charge on any atom is -0.329 e. The van der Waals surface area contributed by atoms with E-state index in [0.29, 0.717) is 12.6 Å². The van der Waals surface area contributed by atoms with Gasteiger partial charge in [0.05, 0.1) is 12.2 Å². The highest BCUT2D eigenvalue weighted by molar-refractivity contribution is 5.11. The molecule has 5 nitrogen and oxygen atoms in total. The lowest BCUT2D eigenvalue weighted by Crippen LogP contribution is -2.44. The van der Waals surface area contributed by atoms with E-state index in [9.17, 15) is 0 Å². The van der Waals surface area contributed by atoms with Crippen molar-refractivity contribution in [1.29, 1.82) is 0 Å². The van der Waals surface area contributed by atoms with Crippen LogP contribution in [0.15, 0.2) is 12.4 Å². The largest absolute Gasteiger partial charge is 0.329 e. The average molecular weight is 265 g/mol. The zero-order valence-corrected chi connectivity index (χ0v) is 12.4. The third-order valence-corrected chi connectivity index (χ3v) is 4.34. The highest BCUT2D eigenvalue weighted by Gasteiger charge is 2.26. The summed E-state index contributed by atoms with van der Waals surface area (Å²) in [5, 5.41) is 4.37. The second-order valence-electron chi connectivity index (χ2n) is 5.58. The van der Waals surface area contributed by atoms with Crippen molar-refractivity contribution in [2.24, 2.45) is 5.73 Å². The van der Waals surface area contributed by atoms with Crippen molar-refractivity contribution in [3.05, 3.63) is 18.0 Å². The van der Waals surface area contributed by atoms with Crippen LogP contribution < -0.4 is 5.73 Å². The fourth-order valence-electron chi connectivity index (χ4n) is 2.92. The lowest BCUT2D eigenvalue weighted by atomic mass is 10.0. The molecular weight excluding hydrogens is 238 g/mol. The van der Waals surface area contributed by atoms with Crippen molar-refractivity contribution in [3.63, 3.8) is 0 Å². The van der Waals surface area contributed by atoms with Gasteiger partial charge in [0.1, 0.15) is 0 Å². The first-order valence-corrected chi connectivity index (χ1v) is 7.28. The van der Waals surface area contributed by atoms with Crippen molar-refractivity contribution in [2.75, 3.05) is 33.7 Å². The SMILES string of the molecule is CCn1cc(C(CN)N(C)C2CCN(C)CC2)cn1. The molecule has 2 N–H and O–H groups in total. The molecule has 0 aromatic carbocycles. The number of nitrogens with two attached hydrogens (primary N) is 1. The zero-order valence-electron chi connectivity index (χ0n) is 12.4. The number of likely N-dealkylation sites (N-methyl/N-ethyl adjacent to an activating group) is 1. The molecule has 1 saturated heterocycles. The highest BCUT2D eigenvalue weighted by Crippen LogP contribution is 2.24. The Morgan fingerprint density at radius 1 is 1.47 bits per heavy atom. The van der Waals surface area contributed by atoms with Crippen LogP contribution in [0.2, 0.25) is 0 Å². The lowest BCUT2D eigenvalue weighted by Gasteiger charge is -2.38. The summed E-state index contributed by atoms with van der Waals surface area (Å²) in [6.07, 6.45) is 6.55. The van der Waals surface area contributed by atoms with E-state index >= 15 is 0 Å². The Kier molecular flexibility index (Phi) is 4.96. The molecule has 1 aromatic rings. The van der Waals surface area contributed by atoms with Crippen molar-refractivity contribution >= 4 is 0 Å². The predicted octanol–water partition coefficient (Wildman–Crippen LogP) is 0.929. The fraction of sp³-hybridized carbons (Fsp3) is 0.786. The molecule has 0 amide bonds. The molecule has 108 valence electrons. The minimum atomic E-state index is 0.286. The van der Waals surface area contributed by atoms with Crippen LogP contribution >= 0.6 is 0 Å². The first-order chi connectivity index (χ1) is 9.15. The highest BCUT2D eigenvalue weighted by atomic mass is 15.3. The Balaban J connectivity index is 2.04. The summed E-state index contributed by atoms with van der Waals surface area (Å²) in [5.41, 5.74) is 7.24. The van der Waals surface area contributed by atoms with Gasteiger partial charge in [0.15, 0.2) is 0 Å². The van der Waals surface area contributed by atoms with Crippen molar-refractivity contribution in [1.82, 2.24) is 19.6 Å². The monoisotopic (exact) mass is 265 g/mol. The number of piperidine rings is 1. The third kappa shape index (κ3) is 3.35. The molecule has 2 heterocycles. The summed E-state index contributed by atoms with van der Waals surface area (Å²) < 4.78 is 1.97. The molecule has 1 fully saturated rings. The van der Waals surface area contributed by atoms with E-state index in [0.717, 1.165) is 6.54 Å². The van der Waals surface area contributed by atoms with Gasteiger partial charge in [-0.05, 0) is 47.0 Å². The maximum absolute atomic E-state index is 6.00. The summed E-state index contributed by atoms with van der Waals surface area (Å²) in [5.74, 6) is 0. The topological polar surface area (TPSA) is 50.3 Å². The molecule has 5 heteroatoms. The standard InChI is InChI=1S/C14H27N5/c1-4-19-11-12(10-16-19)14(9-15)18(3)13-5-7-17(2)8-6-13/h10-11,13-14H,4-9,15H2,1-3H3. The molecule has 2 rings (SSSR count). The molecule has 1 unspecified atom stereocenters. The summed E-state index contributed by atoms with van der Waals surface area (Å²) in [7, 11) is 4.40. The van der Waals surface area contributed by atoms with Crippen LogP contribution in [0.1, 0.15) is 31.4 Å². The van der Waals surface area contributed by atoms with Gasteiger partial charge in [0.25, 0.3) is 0 Å². The van der Waals surface area contributed by atoms with Crippen LogP contribution in [0.25, 0.3) is 0 Å². The molecule has 0 radical (unpaired) electrons. The quantitative estimate of drug-likeness (QED) is 0.860. The van der Waals surface area contributed by atoms with Gasteiger partial charge < -0.3 is 10.6 Å². The van der Waals surface area contributed by atoms with Gasteiger partial charge in [0.2, 0.25) is 0 Å². The van der Waals surface area contributed by atoms with Gasteiger partial charge >= 0.3 is 0 Å². The van der Waals surface area contributed by atoms with Gasteiger partial charge in [-0.25, -0.2) is 0 Å². The molecule has 1 aromatic heterocycles. The number of hydrogen-bond acceptors (Lipinski definition) is 4. The van der Waals surface area contributed by atoms with Crippen LogP contribution in [-0.2, 0) is 6.54 Å². The number of aryl methyl sites for hydroxylation is 1. The molecule has 1 aliphatic heterocycles. The maximum atomic E-state index is 6.00. The maximum Gasteiger partial charge on any atom is 0.0538 e. The number of nitrogens with zero attached hydrogens (tertiary/aromatic N) is 4. The number of likely N-dealkylation sites (tertiary alicyclic amines) is 1. The third-order valence-electron chi connectivity index (χ3n) is 4.34. The smallest absolute Gasteiger partial charge is 0.0538 e. The molecule has 1 atom stereocenters. The Morgan fingerprint density at radius 2 is 2.16 bits per heavy atom. The molecule has 0 spiro atoms. The van der Waals surface area contributed by atoms with Gasteiger partial charge in [0, 0.05) is 30.9 Å². The first kappa shape index (κ1) is 14.5. The summed E-state index contributed by atoms with van der Waals surface area (Å²) in [6, 6.07) is 0.920. The van der Waals surface area contributed by atoms with E-state index in [4.69, 9.17) is 5.73 Å². The van der Waals surface area contributed by atoms with Crippen LogP contribution in [0, 0.1) is 0 Å². The van der Waals surface area contributed by atoms with E-state index in [1.54, 1.807) is 0 Å². The number of rotatable bonds is 5. The summed E-state index contributed by atoms with van der Waals surface area (Å²) >= 11 is 0. The van der Waals surface area contributed by atoms with E-state index in [1.807, 2.05) is 10.9 Å². The normalized spacial score (nSPS) is 20.1. The number of hydrogen-bond donors (Lipinski definition) is 1. The van der Waals surface area contributed by atoms with E-state index in [1.165, 1.54) is 31.5 Å². The van der Waals surface area contributed by atoms with E-state index < -0.39 is 0 Å². The van der Waals surface area contributed by atoms with Gasteiger partial charge in [-0.15, -0.1) is 0 Å². The van der Waals surface area contributed by atoms with Crippen LogP contribution in [0.5, 0.6) is 0 Å². The van der Waals surface area contributed by atoms with Gasteiger partial charge in [-0.2, -0.15) is 5.10 Å². The molecule has 0 bridgehead atoms. The van der Waals surface area contributed by atoms with Crippen molar-refractivity contribution < 1.29 is 0 Å². The predicted molar refractivity (Wildman–Crippen MR) is 78.0 cm³/mol. The van der Waals surface area contributed by atoms with Crippen molar-refractivity contribution in [2.45, 2.75) is 38.4 Å². The van der Waals surface area contributed by atoms with Crippen LogP contribution in [0.4, 0.5) is 0 Å². The van der Waals surface area contributed by atoms with Gasteiger partial charge in [-0.3, -0.25) is 9.58 Å². The molecule has 1 aliphatic rings. The Bertz CT molecular complexity index is 381. The Hall–Kier alpha value is -0.910. The molecule has 0 aliphatic carbocycles. The van der Waals surface area contributed by atoms with Crippen molar-refractivity contribution in [3.8, 4) is 0 Å². The lowest BCUT2D eigenvalue weighted by molar-refractivity contribution is 0.109. The Labute approximate surface area is 116 Å². The second kappa shape index (κ2) is 6.50. The fourth-order valence-corrected chi connectivity index (χ4v) is 2.92. The molecule has 19 heavy (non-hydrogen) atoms. The van der Waals surface area contributed by atoms with Crippen LogP contribution in [0.3, 0.4) is 0 Å². The summed E-state index contributed by atoms with van der Waals surface area (Å²) in [6.45, 7) is 6.03. The second-order valence-corrected chi connectivity index (χ2v) is 5.58. The minimum absolute atomic E-state index is 0.286. The Morgan fingerprint density at radius 3 is 2.68 bits per heavy atom. The zero-order chi connectivity index (χ0) is 13.8. The molecule has 0 saturated carbocycles.